The van der Waals surface area contributed by atoms with E-state index in [0.29, 0.717) is 47.0 Å². The molecule has 1 N–H and O–H groups in total. The molecule has 30 heteroatoms. The molecule has 0 aromatic carbocycles. The molecule has 0 radical (unpaired) electrons. The topological polar surface area (TPSA) is 357 Å². The van der Waals surface area contributed by atoms with E-state index >= 15 is 0 Å². The first kappa shape index (κ1) is 65.7. The maximum atomic E-state index is 11.5. The second-order valence-electron chi connectivity index (χ2n) is 15.0. The number of amides is 2. The Morgan fingerprint density at radius 1 is 0.589 bits per heavy atom. The second-order valence-corrected chi connectivity index (χ2v) is 19.9. The summed E-state index contributed by atoms with van der Waals surface area (Å²) in [5.74, 6) is -2.43. The van der Waals surface area contributed by atoms with Gasteiger partial charge in [-0.25, -0.2) is 30.1 Å². The van der Waals surface area contributed by atoms with Gasteiger partial charge in [-0.15, -0.1) is 0 Å². The summed E-state index contributed by atoms with van der Waals surface area (Å²) in [5.41, 5.74) is 6.91. The Hall–Kier alpha value is -3.46. The zero-order valence-electron chi connectivity index (χ0n) is 39.0. The van der Waals surface area contributed by atoms with Crippen LogP contribution in [0.25, 0.3) is 34.2 Å². The molecule has 0 spiro atoms. The van der Waals surface area contributed by atoms with Gasteiger partial charge in [0.1, 0.15) is 0 Å². The van der Waals surface area contributed by atoms with Crippen LogP contribution in [0.1, 0.15) is 59.1 Å². The van der Waals surface area contributed by atoms with E-state index in [9.17, 15) is 58.9 Å². The predicted octanol–water partition coefficient (Wildman–Crippen LogP) is -3.03. The minimum Gasteiger partial charge on any atom is -0.748 e. The number of hydroxylamine groups is 2. The average molecular weight is 1190 g/mol. The molecule has 7 heterocycles. The molecule has 1 fully saturated rings. The van der Waals surface area contributed by atoms with Crippen LogP contribution >= 0.6 is 12.0 Å². The van der Waals surface area contributed by atoms with Crippen LogP contribution in [-0.4, -0.2) is 97.1 Å². The molecule has 1 aliphatic heterocycles. The standard InChI is InChI=1S/C19H21N3O4.2C12H12N2O6S2.2Na.Ru/c1-13-7-9-20-15(11-13)16-12-14(8-10-21-16)3-2-4-19(25)26-22-17(23)5-6-18(22)24;15-21(16,17)7-9-1-3-13-11(5-9)12-6-10(2-4-14-12)8-22(18,19)20;15-19-20-21-7-9-1-3-13-11(5-9)12-6-10(2-4-14-12)8-22(16,17)18;;;/h7-12,19,25H,2-6H2,1H3;1-6H,7-8H2,(H,15,16,17)(H,18,19,20);1-6,15H,7-8H2,(H,16,17,18);;;/q;;;2*+1;/p-4. The van der Waals surface area contributed by atoms with E-state index in [4.69, 9.17) is 4.84 Å². The summed E-state index contributed by atoms with van der Waals surface area (Å²) in [7, 11) is -13.2. The van der Waals surface area contributed by atoms with E-state index in [1.807, 2.05) is 31.2 Å². The molecule has 2 amide bonds. The summed E-state index contributed by atoms with van der Waals surface area (Å²) in [4.78, 5) is 52.9. The number of nitrogens with zero attached hydrogens (tertiary/aromatic N) is 7. The minimum atomic E-state index is -4.43. The number of rotatable bonds is 19. The molecular formula is C43H41N7Na2O16RuS4-2. The molecule has 6 aromatic rings. The first-order valence-electron chi connectivity index (χ1n) is 20.4. The smallest absolute Gasteiger partial charge is 0.748 e. The van der Waals surface area contributed by atoms with Crippen molar-refractivity contribution < 1.29 is 152 Å². The third-order valence-electron chi connectivity index (χ3n) is 9.31. The normalized spacial score (nSPS) is 12.7. The van der Waals surface area contributed by atoms with Crippen LogP contribution in [0.4, 0.5) is 0 Å². The van der Waals surface area contributed by atoms with Crippen LogP contribution in [0, 0.1) is 6.92 Å². The van der Waals surface area contributed by atoms with Gasteiger partial charge in [0.2, 0.25) is 0 Å². The van der Waals surface area contributed by atoms with Gasteiger partial charge in [0, 0.05) is 93.7 Å². The van der Waals surface area contributed by atoms with Crippen LogP contribution in [0.2, 0.25) is 0 Å². The summed E-state index contributed by atoms with van der Waals surface area (Å²) in [6, 6.07) is 19.7. The molecule has 23 nitrogen and oxygen atoms in total. The first-order valence-corrected chi connectivity index (χ1v) is 26.0. The summed E-state index contributed by atoms with van der Waals surface area (Å²) < 4.78 is 101. The zero-order chi connectivity index (χ0) is 50.9. The van der Waals surface area contributed by atoms with Crippen molar-refractivity contribution in [2.75, 3.05) is 0 Å². The molecule has 7 rings (SSSR count). The maximum Gasteiger partial charge on any atom is 1.00 e. The van der Waals surface area contributed by atoms with Gasteiger partial charge in [0.05, 0.1) is 81.8 Å². The molecule has 1 unspecified atom stereocenters. The maximum absolute atomic E-state index is 11.5. The number of aliphatic hydroxyl groups is 1. The van der Waals surface area contributed by atoms with E-state index < -0.39 is 65.7 Å². The number of aliphatic hydroxyl groups excluding tert-OH is 1. The Labute approximate surface area is 482 Å². The predicted molar refractivity (Wildman–Crippen MR) is 242 cm³/mol. The number of hydrogen-bond donors (Lipinski definition) is 1. The van der Waals surface area contributed by atoms with Crippen LogP contribution in [0.5, 0.6) is 0 Å². The molecule has 1 atom stereocenters. The monoisotopic (exact) mass is 1190 g/mol. The first-order chi connectivity index (χ1) is 33.1. The van der Waals surface area contributed by atoms with Crippen LogP contribution in [0.3, 0.4) is 0 Å². The Morgan fingerprint density at radius 3 is 1.32 bits per heavy atom. The molecule has 380 valence electrons. The molecule has 0 aliphatic carbocycles. The van der Waals surface area contributed by atoms with Gasteiger partial charge in [-0.05, 0) is 126 Å². The summed E-state index contributed by atoms with van der Waals surface area (Å²) >= 11 is 0.818. The summed E-state index contributed by atoms with van der Waals surface area (Å²) in [6.07, 6.45) is 9.84. The van der Waals surface area contributed by atoms with E-state index in [1.54, 1.807) is 30.7 Å². The fourth-order valence-electron chi connectivity index (χ4n) is 6.32. The van der Waals surface area contributed by atoms with Gasteiger partial charge in [0.25, 0.3) is 11.8 Å². The number of aromatic nitrogens is 6. The van der Waals surface area contributed by atoms with Gasteiger partial charge >= 0.3 is 59.1 Å². The molecule has 1 aliphatic rings. The third kappa shape index (κ3) is 24.4. The number of imide groups is 1. The quantitative estimate of drug-likeness (QED) is 0.0123. The molecule has 1 saturated heterocycles. The van der Waals surface area contributed by atoms with Crippen molar-refractivity contribution in [3.05, 3.63) is 143 Å². The Balaban J connectivity index is 0.000000369. The van der Waals surface area contributed by atoms with Gasteiger partial charge < -0.3 is 24.0 Å². The Bertz CT molecular complexity index is 3030. The van der Waals surface area contributed by atoms with Crippen molar-refractivity contribution in [3.63, 3.8) is 0 Å². The van der Waals surface area contributed by atoms with Gasteiger partial charge in [-0.2, -0.15) is 9.40 Å². The van der Waals surface area contributed by atoms with Crippen molar-refractivity contribution in [2.24, 2.45) is 0 Å². The zero-order valence-corrected chi connectivity index (χ0v) is 48.0. The summed E-state index contributed by atoms with van der Waals surface area (Å²) in [6.45, 7) is 2.01. The fraction of sp³-hybridized carbons (Fsp3) is 0.256. The SMILES string of the molecule is Cc1ccnc(-c2cc(CCCC(O)ON3C(=O)CCC3=O)ccn2)c1.O=S(=O)([O-])Cc1ccnc(-c2cc(CS(=O)(=O)[O-])ccn2)c1.O=S(=O)([O-])Cc1ccnc(-c2cc(CSOO[O-])ccn2)c1.[Na+].[Na+].[Ru]. The molecular weight excluding hydrogens is 1150 g/mol. The van der Waals surface area contributed by atoms with Crippen molar-refractivity contribution in [3.8, 4) is 34.2 Å². The average Bonchev–Trinajstić information content (AvgIpc) is 3.60. The van der Waals surface area contributed by atoms with Crippen LogP contribution < -0.4 is 64.4 Å². The van der Waals surface area contributed by atoms with Gasteiger partial charge in [-0.3, -0.25) is 44.5 Å². The third-order valence-corrected chi connectivity index (χ3v) is 12.0. The van der Waals surface area contributed by atoms with E-state index in [0.717, 1.165) is 40.1 Å². The van der Waals surface area contributed by atoms with Crippen LogP contribution in [-0.2, 0) is 103 Å². The van der Waals surface area contributed by atoms with Gasteiger partial charge in [-0.1, -0.05) is 0 Å². The molecule has 0 bridgehead atoms. The fourth-order valence-corrected chi connectivity index (χ4v) is 8.48. The second kappa shape index (κ2) is 31.6. The van der Waals surface area contributed by atoms with Crippen molar-refractivity contribution in [1.82, 2.24) is 35.0 Å². The largest absolute Gasteiger partial charge is 1.00 e. The Kier molecular flexibility index (Phi) is 28.4. The van der Waals surface area contributed by atoms with Crippen molar-refractivity contribution in [2.45, 2.75) is 68.3 Å². The minimum absolute atomic E-state index is 0. The number of pyridine rings is 6. The molecule has 0 saturated carbocycles. The Morgan fingerprint density at radius 2 is 0.932 bits per heavy atom. The molecule has 6 aromatic heterocycles. The van der Waals surface area contributed by atoms with Crippen molar-refractivity contribution >= 4 is 54.2 Å². The van der Waals surface area contributed by atoms with E-state index in [2.05, 4.69) is 39.3 Å². The number of aryl methyl sites for hydroxylation is 2. The number of hydrogen-bond acceptors (Lipinski definition) is 23. The summed E-state index contributed by atoms with van der Waals surface area (Å²) in [5, 5.41) is 23.5. The number of carbonyl (C=O) groups excluding carboxylic acids is 2. The van der Waals surface area contributed by atoms with E-state index in [1.165, 1.54) is 55.0 Å². The van der Waals surface area contributed by atoms with E-state index in [-0.39, 0.29) is 114 Å². The molecule has 73 heavy (non-hydrogen) atoms. The van der Waals surface area contributed by atoms with Crippen molar-refractivity contribution in [1.29, 1.82) is 0 Å². The number of carbonyl (C=O) groups is 2. The van der Waals surface area contributed by atoms with Gasteiger partial charge in [0.15, 0.2) is 6.29 Å². The van der Waals surface area contributed by atoms with Crippen LogP contribution in [0.15, 0.2) is 110 Å².